The highest BCUT2D eigenvalue weighted by Crippen LogP contribution is 2.28. The van der Waals surface area contributed by atoms with Crippen molar-refractivity contribution in [1.82, 2.24) is 14.8 Å². The molecule has 110 valence electrons. The Morgan fingerprint density at radius 3 is 3.05 bits per heavy atom. The zero-order chi connectivity index (χ0) is 14.7. The molecule has 1 aromatic heterocycles. The van der Waals surface area contributed by atoms with E-state index < -0.39 is 6.10 Å². The molecule has 21 heavy (non-hydrogen) atoms. The maximum Gasteiger partial charge on any atom is 0.255 e. The Bertz CT molecular complexity index is 626. The minimum Gasteiger partial charge on any atom is -0.376 e. The summed E-state index contributed by atoms with van der Waals surface area (Å²) in [6.07, 6.45) is 2.28. The largest absolute Gasteiger partial charge is 0.376 e. The smallest absolute Gasteiger partial charge is 0.255 e. The summed E-state index contributed by atoms with van der Waals surface area (Å²) in [4.78, 5) is 16.1. The number of rotatable bonds is 3. The van der Waals surface area contributed by atoms with E-state index in [1.807, 2.05) is 0 Å². The van der Waals surface area contributed by atoms with Crippen LogP contribution >= 0.6 is 11.6 Å². The van der Waals surface area contributed by atoms with Crippen molar-refractivity contribution >= 4 is 23.2 Å². The Hall–Kier alpha value is -1.96. The van der Waals surface area contributed by atoms with Gasteiger partial charge in [-0.15, -0.1) is 0 Å². The highest BCUT2D eigenvalue weighted by Gasteiger charge is 2.24. The van der Waals surface area contributed by atoms with E-state index in [1.54, 1.807) is 18.2 Å². The Labute approximate surface area is 125 Å². The Morgan fingerprint density at radius 1 is 1.43 bits per heavy atom. The van der Waals surface area contributed by atoms with Gasteiger partial charge in [0.15, 0.2) is 6.10 Å². The van der Waals surface area contributed by atoms with Gasteiger partial charge in [0, 0.05) is 0 Å². The highest BCUT2D eigenvalue weighted by atomic mass is 35.5. The maximum absolute atomic E-state index is 12.2. The summed E-state index contributed by atoms with van der Waals surface area (Å²) in [5, 5.41) is 7.29. The number of hydrogen-bond acceptors (Lipinski definition) is 5. The molecule has 1 aliphatic heterocycles. The van der Waals surface area contributed by atoms with E-state index in [1.165, 1.54) is 17.3 Å². The van der Waals surface area contributed by atoms with Crippen LogP contribution in [-0.4, -0.2) is 46.6 Å². The molecule has 1 aromatic carbocycles. The molecule has 0 unspecified atom stereocenters. The number of para-hydroxylation sites is 1. The van der Waals surface area contributed by atoms with E-state index in [2.05, 4.69) is 15.4 Å². The number of benzene rings is 1. The molecule has 8 heteroatoms. The summed E-state index contributed by atoms with van der Waals surface area (Å²) < 4.78 is 12.1. The number of amides is 1. The van der Waals surface area contributed by atoms with Crippen LogP contribution in [-0.2, 0) is 14.3 Å². The third-order valence-corrected chi connectivity index (χ3v) is 3.31. The minimum atomic E-state index is -0.624. The van der Waals surface area contributed by atoms with Gasteiger partial charge in [0.05, 0.1) is 30.5 Å². The van der Waals surface area contributed by atoms with Crippen LogP contribution in [0.3, 0.4) is 0 Å². The van der Waals surface area contributed by atoms with E-state index in [0.717, 1.165) is 0 Å². The number of halogens is 1. The fourth-order valence-electron chi connectivity index (χ4n) is 2.03. The van der Waals surface area contributed by atoms with Crippen LogP contribution in [0.25, 0.3) is 5.69 Å². The standard InChI is InChI=1S/C13H13ClN4O3/c14-9-2-1-3-10(12(9)18-8-15-7-16-18)17-13(19)11-6-20-4-5-21-11/h1-3,7-8,11H,4-6H2,(H,17,19)/t11-/m0/s1. The average molecular weight is 309 g/mol. The van der Waals surface area contributed by atoms with Gasteiger partial charge in [0.2, 0.25) is 0 Å². The normalized spacial score (nSPS) is 18.4. The minimum absolute atomic E-state index is 0.241. The first-order chi connectivity index (χ1) is 10.3. The predicted octanol–water partition coefficient (Wildman–Crippen LogP) is 1.27. The molecule has 1 N–H and O–H groups in total. The summed E-state index contributed by atoms with van der Waals surface area (Å²) in [5.41, 5.74) is 1.09. The second kappa shape index (κ2) is 6.21. The fourth-order valence-corrected chi connectivity index (χ4v) is 2.29. The molecule has 1 aliphatic rings. The maximum atomic E-state index is 12.2. The van der Waals surface area contributed by atoms with Gasteiger partial charge in [0.25, 0.3) is 5.91 Å². The van der Waals surface area contributed by atoms with Crippen molar-refractivity contribution in [2.24, 2.45) is 0 Å². The number of anilines is 1. The van der Waals surface area contributed by atoms with E-state index in [4.69, 9.17) is 21.1 Å². The van der Waals surface area contributed by atoms with Gasteiger partial charge in [-0.1, -0.05) is 17.7 Å². The lowest BCUT2D eigenvalue weighted by Crippen LogP contribution is -2.39. The Balaban J connectivity index is 1.85. The topological polar surface area (TPSA) is 78.3 Å². The number of carbonyl (C=O) groups is 1. The number of nitrogens with zero attached hydrogens (tertiary/aromatic N) is 3. The van der Waals surface area contributed by atoms with Crippen LogP contribution < -0.4 is 5.32 Å². The second-order valence-corrected chi connectivity index (χ2v) is 4.81. The first kappa shape index (κ1) is 14.0. The zero-order valence-electron chi connectivity index (χ0n) is 11.0. The van der Waals surface area contributed by atoms with Crippen molar-refractivity contribution in [3.8, 4) is 5.69 Å². The molecule has 2 aromatic rings. The average Bonchev–Trinajstić information content (AvgIpc) is 3.02. The van der Waals surface area contributed by atoms with Crippen molar-refractivity contribution in [1.29, 1.82) is 0 Å². The first-order valence-corrected chi connectivity index (χ1v) is 6.77. The molecular weight excluding hydrogens is 296 g/mol. The fraction of sp³-hybridized carbons (Fsp3) is 0.308. The molecule has 1 amide bonds. The molecule has 1 saturated heterocycles. The lowest BCUT2D eigenvalue weighted by Gasteiger charge is -2.22. The third kappa shape index (κ3) is 3.05. The lowest BCUT2D eigenvalue weighted by molar-refractivity contribution is -0.142. The van der Waals surface area contributed by atoms with Crippen molar-refractivity contribution < 1.29 is 14.3 Å². The van der Waals surface area contributed by atoms with Crippen LogP contribution in [0.4, 0.5) is 5.69 Å². The van der Waals surface area contributed by atoms with E-state index in [9.17, 15) is 4.79 Å². The quantitative estimate of drug-likeness (QED) is 0.924. The van der Waals surface area contributed by atoms with Gasteiger partial charge in [0.1, 0.15) is 18.3 Å². The van der Waals surface area contributed by atoms with E-state index >= 15 is 0 Å². The summed E-state index contributed by atoms with van der Waals surface area (Å²) in [5.74, 6) is -0.279. The van der Waals surface area contributed by atoms with Gasteiger partial charge in [-0.05, 0) is 12.1 Å². The number of ether oxygens (including phenoxy) is 2. The van der Waals surface area contributed by atoms with E-state index in [0.29, 0.717) is 29.6 Å². The summed E-state index contributed by atoms with van der Waals surface area (Å²) in [6.45, 7) is 1.15. The van der Waals surface area contributed by atoms with Crippen LogP contribution in [0.15, 0.2) is 30.9 Å². The molecule has 3 rings (SSSR count). The second-order valence-electron chi connectivity index (χ2n) is 4.40. The predicted molar refractivity (Wildman–Crippen MR) is 75.6 cm³/mol. The van der Waals surface area contributed by atoms with Crippen LogP contribution in [0.1, 0.15) is 0 Å². The molecule has 0 spiro atoms. The molecule has 0 radical (unpaired) electrons. The lowest BCUT2D eigenvalue weighted by atomic mass is 10.2. The van der Waals surface area contributed by atoms with Crippen molar-refractivity contribution in [3.63, 3.8) is 0 Å². The van der Waals surface area contributed by atoms with Crippen LogP contribution in [0.5, 0.6) is 0 Å². The zero-order valence-corrected chi connectivity index (χ0v) is 11.8. The summed E-state index contributed by atoms with van der Waals surface area (Å²) >= 11 is 6.19. The van der Waals surface area contributed by atoms with E-state index in [-0.39, 0.29) is 12.5 Å². The Morgan fingerprint density at radius 2 is 2.33 bits per heavy atom. The molecule has 2 heterocycles. The molecular formula is C13H13ClN4O3. The van der Waals surface area contributed by atoms with Crippen molar-refractivity contribution in [2.75, 3.05) is 25.1 Å². The van der Waals surface area contributed by atoms with Gasteiger partial charge in [-0.2, -0.15) is 5.10 Å². The molecule has 1 atom stereocenters. The van der Waals surface area contributed by atoms with Gasteiger partial charge < -0.3 is 14.8 Å². The van der Waals surface area contributed by atoms with Gasteiger partial charge in [-0.25, -0.2) is 9.67 Å². The Kier molecular flexibility index (Phi) is 4.14. The number of aromatic nitrogens is 3. The number of hydrogen-bond donors (Lipinski definition) is 1. The third-order valence-electron chi connectivity index (χ3n) is 3.00. The molecule has 0 aliphatic carbocycles. The molecule has 0 bridgehead atoms. The highest BCUT2D eigenvalue weighted by molar-refractivity contribution is 6.33. The van der Waals surface area contributed by atoms with Crippen molar-refractivity contribution in [2.45, 2.75) is 6.10 Å². The van der Waals surface area contributed by atoms with Crippen LogP contribution in [0, 0.1) is 0 Å². The molecule has 0 saturated carbocycles. The van der Waals surface area contributed by atoms with Gasteiger partial charge in [-0.3, -0.25) is 4.79 Å². The summed E-state index contributed by atoms with van der Waals surface area (Å²) in [7, 11) is 0. The van der Waals surface area contributed by atoms with Crippen LogP contribution in [0.2, 0.25) is 5.02 Å². The molecule has 1 fully saturated rings. The van der Waals surface area contributed by atoms with Crippen molar-refractivity contribution in [3.05, 3.63) is 35.9 Å². The number of carbonyl (C=O) groups excluding carboxylic acids is 1. The first-order valence-electron chi connectivity index (χ1n) is 6.39. The number of nitrogens with one attached hydrogen (secondary N) is 1. The SMILES string of the molecule is O=C(Nc1cccc(Cl)c1-n1cncn1)[C@@H]1COCCO1. The summed E-state index contributed by atoms with van der Waals surface area (Å²) in [6, 6.07) is 5.20. The monoisotopic (exact) mass is 308 g/mol. The molecule has 7 nitrogen and oxygen atoms in total. The van der Waals surface area contributed by atoms with Gasteiger partial charge >= 0.3 is 0 Å².